The summed E-state index contributed by atoms with van der Waals surface area (Å²) in [6, 6.07) is 9.11. The monoisotopic (exact) mass is 346 g/mol. The van der Waals surface area contributed by atoms with Gasteiger partial charge in [0.15, 0.2) is 12.3 Å². The number of nitrogens with zero attached hydrogens (tertiary/aromatic N) is 2. The molecule has 0 aliphatic heterocycles. The second kappa shape index (κ2) is 7.83. The molecular formula is C18H22N2O5. The number of amides is 1. The smallest absolute Gasteiger partial charge is 0.360 e. The normalized spacial score (nSPS) is 11.0. The van der Waals surface area contributed by atoms with E-state index in [1.165, 1.54) is 13.4 Å². The number of hydrogen-bond donors (Lipinski definition) is 0. The average Bonchev–Trinajstić information content (AvgIpc) is 3.05. The van der Waals surface area contributed by atoms with Crippen molar-refractivity contribution in [2.75, 3.05) is 13.7 Å². The van der Waals surface area contributed by atoms with Crippen molar-refractivity contribution >= 4 is 11.9 Å². The van der Waals surface area contributed by atoms with Crippen molar-refractivity contribution in [1.82, 2.24) is 9.88 Å². The van der Waals surface area contributed by atoms with Gasteiger partial charge in [-0.25, -0.2) is 9.78 Å². The van der Waals surface area contributed by atoms with E-state index in [2.05, 4.69) is 9.72 Å². The number of esters is 1. The molecule has 0 aliphatic rings. The highest BCUT2D eigenvalue weighted by atomic mass is 16.5. The number of oxazole rings is 1. The quantitative estimate of drug-likeness (QED) is 0.748. The molecule has 0 spiro atoms. The molecule has 1 amide bonds. The maximum Gasteiger partial charge on any atom is 0.360 e. The number of methoxy groups -OCH3 is 1. The van der Waals surface area contributed by atoms with E-state index in [9.17, 15) is 9.59 Å². The van der Waals surface area contributed by atoms with Crippen LogP contribution in [-0.4, -0.2) is 41.0 Å². The Balaban J connectivity index is 2.06. The third-order valence-corrected chi connectivity index (χ3v) is 3.46. The molecule has 0 fully saturated rings. The topological polar surface area (TPSA) is 81.9 Å². The Labute approximate surface area is 146 Å². The molecule has 25 heavy (non-hydrogen) atoms. The van der Waals surface area contributed by atoms with Crippen molar-refractivity contribution in [3.8, 4) is 5.75 Å². The zero-order valence-electron chi connectivity index (χ0n) is 14.8. The maximum absolute atomic E-state index is 12.6. The average molecular weight is 346 g/mol. The van der Waals surface area contributed by atoms with Crippen LogP contribution in [-0.2, 0) is 16.1 Å². The Kier molecular flexibility index (Phi) is 5.80. The molecule has 0 saturated carbocycles. The van der Waals surface area contributed by atoms with E-state index < -0.39 is 11.5 Å². The van der Waals surface area contributed by atoms with Crippen molar-refractivity contribution in [2.45, 2.75) is 32.9 Å². The van der Waals surface area contributed by atoms with Crippen molar-refractivity contribution in [3.05, 3.63) is 48.2 Å². The highest BCUT2D eigenvalue weighted by molar-refractivity contribution is 5.86. The fourth-order valence-electron chi connectivity index (χ4n) is 2.16. The van der Waals surface area contributed by atoms with Crippen LogP contribution in [0.15, 0.2) is 41.0 Å². The SMILES string of the molecule is COC(=O)c1coc(CN(C(=O)COc2ccccc2)C(C)(C)C)n1. The first kappa shape index (κ1) is 18.5. The zero-order valence-corrected chi connectivity index (χ0v) is 14.8. The summed E-state index contributed by atoms with van der Waals surface area (Å²) in [4.78, 5) is 29.7. The Bertz CT molecular complexity index is 719. The van der Waals surface area contributed by atoms with E-state index in [1.807, 2.05) is 39.0 Å². The van der Waals surface area contributed by atoms with Gasteiger partial charge in [0.1, 0.15) is 12.0 Å². The molecule has 0 radical (unpaired) electrons. The van der Waals surface area contributed by atoms with Crippen LogP contribution in [0.4, 0.5) is 0 Å². The molecule has 7 nitrogen and oxygen atoms in total. The number of aromatic nitrogens is 1. The van der Waals surface area contributed by atoms with Gasteiger partial charge in [-0.2, -0.15) is 0 Å². The van der Waals surface area contributed by atoms with Crippen LogP contribution in [0.3, 0.4) is 0 Å². The predicted molar refractivity (Wildman–Crippen MR) is 90.1 cm³/mol. The van der Waals surface area contributed by atoms with E-state index in [1.54, 1.807) is 17.0 Å². The minimum atomic E-state index is -0.587. The summed E-state index contributed by atoms with van der Waals surface area (Å²) >= 11 is 0. The minimum absolute atomic E-state index is 0.0688. The highest BCUT2D eigenvalue weighted by Crippen LogP contribution is 2.18. The molecule has 1 aromatic heterocycles. The van der Waals surface area contributed by atoms with Crippen LogP contribution in [0, 0.1) is 0 Å². The third kappa shape index (κ3) is 5.07. The lowest BCUT2D eigenvalue weighted by molar-refractivity contribution is -0.139. The number of para-hydroxylation sites is 1. The lowest BCUT2D eigenvalue weighted by atomic mass is 10.1. The van der Waals surface area contributed by atoms with E-state index in [-0.39, 0.29) is 30.6 Å². The summed E-state index contributed by atoms with van der Waals surface area (Å²) in [5.74, 6) is 0.0717. The van der Waals surface area contributed by atoms with Crippen LogP contribution >= 0.6 is 0 Å². The van der Waals surface area contributed by atoms with Gasteiger partial charge in [0.25, 0.3) is 5.91 Å². The number of benzene rings is 1. The van der Waals surface area contributed by atoms with Gasteiger partial charge < -0.3 is 18.8 Å². The van der Waals surface area contributed by atoms with Crippen molar-refractivity contribution in [1.29, 1.82) is 0 Å². The van der Waals surface area contributed by atoms with Gasteiger partial charge in [-0.3, -0.25) is 4.79 Å². The van der Waals surface area contributed by atoms with Crippen molar-refractivity contribution in [3.63, 3.8) is 0 Å². The van der Waals surface area contributed by atoms with Gasteiger partial charge in [-0.05, 0) is 32.9 Å². The molecular weight excluding hydrogens is 324 g/mol. The molecule has 0 bridgehead atoms. The molecule has 134 valence electrons. The molecule has 2 aromatic rings. The largest absolute Gasteiger partial charge is 0.484 e. The summed E-state index contributed by atoms with van der Waals surface area (Å²) in [5.41, 5.74) is -0.406. The fourth-order valence-corrected chi connectivity index (χ4v) is 2.16. The maximum atomic E-state index is 12.6. The van der Waals surface area contributed by atoms with Gasteiger partial charge in [0.05, 0.1) is 13.7 Å². The second-order valence-corrected chi connectivity index (χ2v) is 6.37. The molecule has 7 heteroatoms. The van der Waals surface area contributed by atoms with Crippen LogP contribution in [0.5, 0.6) is 5.75 Å². The molecule has 1 heterocycles. The van der Waals surface area contributed by atoms with E-state index >= 15 is 0 Å². The number of rotatable bonds is 6. The van der Waals surface area contributed by atoms with Crippen molar-refractivity contribution < 1.29 is 23.5 Å². The number of hydrogen-bond acceptors (Lipinski definition) is 6. The van der Waals surface area contributed by atoms with Gasteiger partial charge in [-0.1, -0.05) is 18.2 Å². The predicted octanol–water partition coefficient (Wildman–Crippen LogP) is 2.67. The highest BCUT2D eigenvalue weighted by Gasteiger charge is 2.29. The van der Waals surface area contributed by atoms with E-state index in [0.717, 1.165) is 0 Å². The molecule has 0 atom stereocenters. The summed E-state index contributed by atoms with van der Waals surface area (Å²) in [6.45, 7) is 5.72. The lowest BCUT2D eigenvalue weighted by Crippen LogP contribution is -2.47. The standard InChI is InChI=1S/C18H22N2O5/c1-18(2,3)20(10-15-19-14(11-25-15)17(22)23-4)16(21)12-24-13-8-6-5-7-9-13/h5-9,11H,10,12H2,1-4H3. The molecule has 1 aromatic carbocycles. The minimum Gasteiger partial charge on any atom is -0.484 e. The van der Waals surface area contributed by atoms with Gasteiger partial charge in [-0.15, -0.1) is 0 Å². The number of carbonyl (C=O) groups excluding carboxylic acids is 2. The molecule has 0 N–H and O–H groups in total. The number of ether oxygens (including phenoxy) is 2. The number of carbonyl (C=O) groups is 2. The molecule has 0 saturated heterocycles. The van der Waals surface area contributed by atoms with Gasteiger partial charge in [0, 0.05) is 5.54 Å². The second-order valence-electron chi connectivity index (χ2n) is 6.37. The van der Waals surface area contributed by atoms with Crippen molar-refractivity contribution in [2.24, 2.45) is 0 Å². The zero-order chi connectivity index (χ0) is 18.4. The summed E-state index contributed by atoms with van der Waals surface area (Å²) < 4.78 is 15.4. The summed E-state index contributed by atoms with van der Waals surface area (Å²) in [5, 5.41) is 0. The van der Waals surface area contributed by atoms with Crippen LogP contribution < -0.4 is 4.74 Å². The van der Waals surface area contributed by atoms with Crippen LogP contribution in [0.1, 0.15) is 37.2 Å². The Morgan fingerprint density at radius 3 is 2.48 bits per heavy atom. The van der Waals surface area contributed by atoms with Crippen LogP contribution in [0.2, 0.25) is 0 Å². The molecule has 0 unspecified atom stereocenters. The Hall–Kier alpha value is -2.83. The van der Waals surface area contributed by atoms with E-state index in [4.69, 9.17) is 9.15 Å². The van der Waals surface area contributed by atoms with Gasteiger partial charge >= 0.3 is 5.97 Å². The Morgan fingerprint density at radius 1 is 1.20 bits per heavy atom. The first-order chi connectivity index (χ1) is 11.8. The first-order valence-corrected chi connectivity index (χ1v) is 7.82. The molecule has 2 rings (SSSR count). The molecule has 0 aliphatic carbocycles. The van der Waals surface area contributed by atoms with Gasteiger partial charge in [0.2, 0.25) is 5.89 Å². The Morgan fingerprint density at radius 2 is 1.88 bits per heavy atom. The fraction of sp³-hybridized carbons (Fsp3) is 0.389. The first-order valence-electron chi connectivity index (χ1n) is 7.82. The summed E-state index contributed by atoms with van der Waals surface area (Å²) in [6.07, 6.45) is 1.22. The van der Waals surface area contributed by atoms with E-state index in [0.29, 0.717) is 5.75 Å². The van der Waals surface area contributed by atoms with Crippen LogP contribution in [0.25, 0.3) is 0 Å². The summed E-state index contributed by atoms with van der Waals surface area (Å²) in [7, 11) is 1.27. The third-order valence-electron chi connectivity index (χ3n) is 3.46. The lowest BCUT2D eigenvalue weighted by Gasteiger charge is -2.34.